The molecule has 4 atom stereocenters. The predicted molar refractivity (Wildman–Crippen MR) is 85.3 cm³/mol. The Morgan fingerprint density at radius 2 is 1.42 bits per heavy atom. The van der Waals surface area contributed by atoms with Gasteiger partial charge in [-0.2, -0.15) is 0 Å². The lowest BCUT2D eigenvalue weighted by molar-refractivity contribution is 0.125. The molecule has 2 saturated carbocycles. The summed E-state index contributed by atoms with van der Waals surface area (Å²) in [5.74, 6) is 4.50. The van der Waals surface area contributed by atoms with Crippen LogP contribution in [0.2, 0.25) is 0 Å². The van der Waals surface area contributed by atoms with Crippen molar-refractivity contribution in [3.8, 4) is 0 Å². The van der Waals surface area contributed by atoms with Crippen molar-refractivity contribution < 1.29 is 0 Å². The first-order valence-corrected chi connectivity index (χ1v) is 9.36. The predicted octanol–water partition coefficient (Wildman–Crippen LogP) is 6.59. The van der Waals surface area contributed by atoms with E-state index in [0.29, 0.717) is 0 Å². The van der Waals surface area contributed by atoms with E-state index in [1.807, 2.05) is 0 Å². The zero-order valence-corrected chi connectivity index (χ0v) is 13.5. The van der Waals surface area contributed by atoms with E-state index in [2.05, 4.69) is 13.8 Å². The second-order valence-electron chi connectivity index (χ2n) is 7.36. The smallest absolute Gasteiger partial charge is 0.0329 e. The van der Waals surface area contributed by atoms with Gasteiger partial charge in [-0.3, -0.25) is 0 Å². The molecular weight excluding hydrogens is 228 g/mol. The normalized spacial score (nSPS) is 34.4. The van der Waals surface area contributed by atoms with Gasteiger partial charge in [-0.05, 0) is 36.5 Å². The van der Waals surface area contributed by atoms with Gasteiger partial charge in [0.15, 0.2) is 0 Å². The summed E-state index contributed by atoms with van der Waals surface area (Å²) >= 11 is 0. The fraction of sp³-hybridized carbons (Fsp3) is 1.00. The van der Waals surface area contributed by atoms with Gasteiger partial charge in [-0.15, -0.1) is 0 Å². The third-order valence-corrected chi connectivity index (χ3v) is 6.05. The maximum atomic E-state index is 2.36. The van der Waals surface area contributed by atoms with Crippen LogP contribution in [-0.2, 0) is 0 Å². The van der Waals surface area contributed by atoms with Crippen molar-refractivity contribution in [2.24, 2.45) is 23.7 Å². The average molecular weight is 264 g/mol. The Kier molecular flexibility index (Phi) is 6.74. The summed E-state index contributed by atoms with van der Waals surface area (Å²) in [7, 11) is 0. The van der Waals surface area contributed by atoms with E-state index in [4.69, 9.17) is 0 Å². The Labute approximate surface area is 121 Å². The SMILES string of the molecule is CCCCCCC1CCCC2CCC(CCCC)C12. The molecule has 2 fully saturated rings. The summed E-state index contributed by atoms with van der Waals surface area (Å²) in [5, 5.41) is 0. The van der Waals surface area contributed by atoms with E-state index in [1.54, 1.807) is 44.9 Å². The molecule has 0 heterocycles. The Bertz CT molecular complexity index is 232. The molecule has 0 bridgehead atoms. The Morgan fingerprint density at radius 1 is 0.684 bits per heavy atom. The van der Waals surface area contributed by atoms with E-state index in [9.17, 15) is 0 Å². The van der Waals surface area contributed by atoms with Crippen molar-refractivity contribution in [1.82, 2.24) is 0 Å². The molecule has 0 radical (unpaired) electrons. The lowest BCUT2D eigenvalue weighted by atomic mass is 9.68. The van der Waals surface area contributed by atoms with Crippen LogP contribution in [0, 0.1) is 23.7 Å². The van der Waals surface area contributed by atoms with Gasteiger partial charge in [-0.25, -0.2) is 0 Å². The Balaban J connectivity index is 1.82. The van der Waals surface area contributed by atoms with Crippen molar-refractivity contribution in [2.45, 2.75) is 97.3 Å². The molecule has 112 valence electrons. The molecular formula is C19H36. The third-order valence-electron chi connectivity index (χ3n) is 6.05. The minimum atomic E-state index is 1.11. The van der Waals surface area contributed by atoms with Crippen LogP contribution < -0.4 is 0 Å². The van der Waals surface area contributed by atoms with Gasteiger partial charge in [0.2, 0.25) is 0 Å². The van der Waals surface area contributed by atoms with Gasteiger partial charge < -0.3 is 0 Å². The van der Waals surface area contributed by atoms with E-state index < -0.39 is 0 Å². The summed E-state index contributed by atoms with van der Waals surface area (Å²) in [6.07, 6.45) is 19.7. The third kappa shape index (κ3) is 4.23. The standard InChI is InChI=1S/C19H36/c1-3-5-7-8-11-16-12-9-13-18-15-14-17(19(16)18)10-6-4-2/h16-19H,3-15H2,1-2H3. The van der Waals surface area contributed by atoms with Gasteiger partial charge >= 0.3 is 0 Å². The molecule has 2 aliphatic rings. The van der Waals surface area contributed by atoms with E-state index in [1.165, 1.54) is 38.5 Å². The molecule has 19 heavy (non-hydrogen) atoms. The van der Waals surface area contributed by atoms with Crippen LogP contribution >= 0.6 is 0 Å². The highest BCUT2D eigenvalue weighted by atomic mass is 14.5. The summed E-state index contributed by atoms with van der Waals surface area (Å²) in [6.45, 7) is 4.68. The van der Waals surface area contributed by atoms with Gasteiger partial charge in [0.25, 0.3) is 0 Å². The van der Waals surface area contributed by atoms with Crippen LogP contribution in [0.3, 0.4) is 0 Å². The molecule has 0 aromatic heterocycles. The molecule has 0 saturated heterocycles. The second kappa shape index (κ2) is 8.32. The van der Waals surface area contributed by atoms with Gasteiger partial charge in [0.05, 0.1) is 0 Å². The van der Waals surface area contributed by atoms with Crippen molar-refractivity contribution in [3.05, 3.63) is 0 Å². The summed E-state index contributed by atoms with van der Waals surface area (Å²) in [5.41, 5.74) is 0. The molecule has 2 aliphatic carbocycles. The van der Waals surface area contributed by atoms with Crippen LogP contribution in [0.4, 0.5) is 0 Å². The Morgan fingerprint density at radius 3 is 2.21 bits per heavy atom. The second-order valence-corrected chi connectivity index (χ2v) is 7.36. The molecule has 0 spiro atoms. The topological polar surface area (TPSA) is 0 Å². The number of unbranched alkanes of at least 4 members (excludes halogenated alkanes) is 4. The number of hydrogen-bond donors (Lipinski definition) is 0. The van der Waals surface area contributed by atoms with E-state index in [0.717, 1.165) is 23.7 Å². The molecule has 0 aliphatic heterocycles. The first-order valence-electron chi connectivity index (χ1n) is 9.36. The highest BCUT2D eigenvalue weighted by Crippen LogP contribution is 2.51. The lowest BCUT2D eigenvalue weighted by Crippen LogP contribution is -2.28. The van der Waals surface area contributed by atoms with Gasteiger partial charge in [-0.1, -0.05) is 84.5 Å². The highest BCUT2D eigenvalue weighted by Gasteiger charge is 2.41. The van der Waals surface area contributed by atoms with Crippen molar-refractivity contribution in [1.29, 1.82) is 0 Å². The number of rotatable bonds is 8. The molecule has 0 nitrogen and oxygen atoms in total. The minimum absolute atomic E-state index is 1.11. The van der Waals surface area contributed by atoms with Crippen molar-refractivity contribution >= 4 is 0 Å². The van der Waals surface area contributed by atoms with E-state index >= 15 is 0 Å². The van der Waals surface area contributed by atoms with Gasteiger partial charge in [0.1, 0.15) is 0 Å². The van der Waals surface area contributed by atoms with E-state index in [-0.39, 0.29) is 0 Å². The molecule has 0 aromatic carbocycles. The number of hydrogen-bond acceptors (Lipinski definition) is 0. The van der Waals surface area contributed by atoms with Crippen LogP contribution in [0.15, 0.2) is 0 Å². The van der Waals surface area contributed by atoms with Crippen LogP contribution in [0.25, 0.3) is 0 Å². The lowest BCUT2D eigenvalue weighted by Gasteiger charge is -2.37. The molecule has 4 unspecified atom stereocenters. The molecule has 0 N–H and O–H groups in total. The summed E-state index contributed by atoms with van der Waals surface area (Å²) in [6, 6.07) is 0. The maximum Gasteiger partial charge on any atom is -0.0329 e. The first kappa shape index (κ1) is 15.4. The highest BCUT2D eigenvalue weighted by molar-refractivity contribution is 4.91. The zero-order valence-electron chi connectivity index (χ0n) is 13.5. The van der Waals surface area contributed by atoms with Crippen LogP contribution in [-0.4, -0.2) is 0 Å². The first-order chi connectivity index (χ1) is 9.36. The largest absolute Gasteiger partial charge is 0.0654 e. The quantitative estimate of drug-likeness (QED) is 0.434. The van der Waals surface area contributed by atoms with Crippen LogP contribution in [0.1, 0.15) is 97.3 Å². The van der Waals surface area contributed by atoms with Crippen molar-refractivity contribution in [2.75, 3.05) is 0 Å². The zero-order chi connectivity index (χ0) is 13.5. The molecule has 2 rings (SSSR count). The fourth-order valence-electron chi connectivity index (χ4n) is 5.11. The van der Waals surface area contributed by atoms with Crippen molar-refractivity contribution in [3.63, 3.8) is 0 Å². The number of fused-ring (bicyclic) bond motifs is 1. The molecule has 0 amide bonds. The fourth-order valence-corrected chi connectivity index (χ4v) is 5.11. The maximum absolute atomic E-state index is 2.36. The van der Waals surface area contributed by atoms with Crippen LogP contribution in [0.5, 0.6) is 0 Å². The van der Waals surface area contributed by atoms with Gasteiger partial charge in [0, 0.05) is 0 Å². The molecule has 0 aromatic rings. The minimum Gasteiger partial charge on any atom is -0.0654 e. The molecule has 0 heteroatoms. The summed E-state index contributed by atoms with van der Waals surface area (Å²) < 4.78 is 0. The monoisotopic (exact) mass is 264 g/mol. The summed E-state index contributed by atoms with van der Waals surface area (Å²) in [4.78, 5) is 0. The Hall–Kier alpha value is 0. The average Bonchev–Trinajstić information content (AvgIpc) is 2.85.